The molecule has 1 amide bonds. The summed E-state index contributed by atoms with van der Waals surface area (Å²) in [6.07, 6.45) is 2.18. The Labute approximate surface area is 169 Å². The molecule has 0 unspecified atom stereocenters. The van der Waals surface area contributed by atoms with Crippen LogP contribution in [0.2, 0.25) is 0 Å². The molecule has 3 aromatic rings. The number of methoxy groups -OCH3 is 2. The number of aryl methyl sites for hydroxylation is 1. The first-order valence-electron chi connectivity index (χ1n) is 9.53. The number of anilines is 1. The normalized spacial score (nSPS) is 18.4. The van der Waals surface area contributed by atoms with Crippen molar-refractivity contribution in [2.75, 3.05) is 25.7 Å². The molecule has 1 aliphatic rings. The lowest BCUT2D eigenvalue weighted by molar-refractivity contribution is -0.123. The molecule has 0 spiro atoms. The van der Waals surface area contributed by atoms with Crippen molar-refractivity contribution in [3.05, 3.63) is 71.5 Å². The molecule has 0 radical (unpaired) electrons. The maximum absolute atomic E-state index is 12.9. The number of rotatable bonds is 5. The summed E-state index contributed by atoms with van der Waals surface area (Å²) < 4.78 is 12.2. The van der Waals surface area contributed by atoms with Crippen LogP contribution < -0.4 is 9.64 Å². The van der Waals surface area contributed by atoms with Gasteiger partial charge in [-0.2, -0.15) is 10.1 Å². The van der Waals surface area contributed by atoms with E-state index in [9.17, 15) is 4.79 Å². The molecule has 29 heavy (non-hydrogen) atoms. The third-order valence-corrected chi connectivity index (χ3v) is 5.32. The minimum absolute atomic E-state index is 0.0191. The predicted octanol–water partition coefficient (Wildman–Crippen LogP) is 3.31. The SMILES string of the molecule is COCC(=O)N1c2ncnn2[C@@H](c2ccc(C)cc2)C[C@@H]1c1ccc(OC)cc1. The van der Waals surface area contributed by atoms with Crippen LogP contribution >= 0.6 is 0 Å². The first-order valence-corrected chi connectivity index (χ1v) is 9.53. The Morgan fingerprint density at radius 1 is 1.03 bits per heavy atom. The maximum Gasteiger partial charge on any atom is 0.255 e. The van der Waals surface area contributed by atoms with Crippen LogP contribution in [0.4, 0.5) is 5.95 Å². The molecule has 0 N–H and O–H groups in total. The van der Waals surface area contributed by atoms with Crippen molar-refractivity contribution < 1.29 is 14.3 Å². The Balaban J connectivity index is 1.80. The van der Waals surface area contributed by atoms with Crippen LogP contribution in [-0.2, 0) is 9.53 Å². The predicted molar refractivity (Wildman–Crippen MR) is 109 cm³/mol. The van der Waals surface area contributed by atoms with Crippen LogP contribution in [0.15, 0.2) is 54.9 Å². The van der Waals surface area contributed by atoms with Gasteiger partial charge in [-0.1, -0.05) is 42.0 Å². The van der Waals surface area contributed by atoms with Gasteiger partial charge in [-0.25, -0.2) is 4.68 Å². The van der Waals surface area contributed by atoms with Gasteiger partial charge < -0.3 is 9.47 Å². The van der Waals surface area contributed by atoms with E-state index in [0.29, 0.717) is 12.4 Å². The summed E-state index contributed by atoms with van der Waals surface area (Å²) in [6, 6.07) is 16.0. The van der Waals surface area contributed by atoms with E-state index in [0.717, 1.165) is 16.9 Å². The zero-order valence-corrected chi connectivity index (χ0v) is 16.8. The smallest absolute Gasteiger partial charge is 0.255 e. The third-order valence-electron chi connectivity index (χ3n) is 5.32. The molecule has 7 heteroatoms. The average Bonchev–Trinajstić information content (AvgIpc) is 3.23. The van der Waals surface area contributed by atoms with E-state index < -0.39 is 0 Å². The van der Waals surface area contributed by atoms with E-state index in [1.54, 1.807) is 12.0 Å². The van der Waals surface area contributed by atoms with Crippen molar-refractivity contribution in [2.45, 2.75) is 25.4 Å². The van der Waals surface area contributed by atoms with Crippen LogP contribution in [0.3, 0.4) is 0 Å². The summed E-state index contributed by atoms with van der Waals surface area (Å²) in [6.45, 7) is 2.05. The van der Waals surface area contributed by atoms with Crippen molar-refractivity contribution in [1.82, 2.24) is 14.8 Å². The van der Waals surface area contributed by atoms with Crippen molar-refractivity contribution in [3.8, 4) is 5.75 Å². The van der Waals surface area contributed by atoms with Crippen LogP contribution in [-0.4, -0.2) is 41.5 Å². The van der Waals surface area contributed by atoms with E-state index >= 15 is 0 Å². The zero-order chi connectivity index (χ0) is 20.4. The standard InChI is InChI=1S/C22H24N4O3/c1-15-4-6-17(7-5-15)20-12-19(16-8-10-18(29-3)11-9-16)25(21(27)13-28-2)22-23-14-24-26(20)22/h4-11,14,19-20H,12-13H2,1-3H3/t19-,20-/m1/s1. The molecule has 0 saturated heterocycles. The van der Waals surface area contributed by atoms with Crippen LogP contribution in [0.5, 0.6) is 5.75 Å². The minimum Gasteiger partial charge on any atom is -0.497 e. The lowest BCUT2D eigenvalue weighted by Gasteiger charge is -2.39. The van der Waals surface area contributed by atoms with Crippen LogP contribution in [0.1, 0.15) is 35.2 Å². The molecule has 150 valence electrons. The number of carbonyl (C=O) groups is 1. The largest absolute Gasteiger partial charge is 0.497 e. The second-order valence-electron chi connectivity index (χ2n) is 7.15. The maximum atomic E-state index is 12.9. The summed E-state index contributed by atoms with van der Waals surface area (Å²) in [4.78, 5) is 19.1. The van der Waals surface area contributed by atoms with E-state index in [2.05, 4.69) is 41.3 Å². The summed E-state index contributed by atoms with van der Waals surface area (Å²) in [5.41, 5.74) is 3.35. The highest BCUT2D eigenvalue weighted by Crippen LogP contribution is 2.42. The fraction of sp³-hybridized carbons (Fsp3) is 0.318. The topological polar surface area (TPSA) is 69.5 Å². The summed E-state index contributed by atoms with van der Waals surface area (Å²) in [7, 11) is 3.16. The highest BCUT2D eigenvalue weighted by Gasteiger charge is 2.39. The van der Waals surface area contributed by atoms with Crippen molar-refractivity contribution >= 4 is 11.9 Å². The average molecular weight is 392 g/mol. The van der Waals surface area contributed by atoms with E-state index in [1.807, 2.05) is 28.9 Å². The number of hydrogen-bond acceptors (Lipinski definition) is 5. The van der Waals surface area contributed by atoms with Gasteiger partial charge in [0.2, 0.25) is 5.95 Å². The molecule has 4 rings (SSSR count). The molecule has 1 aromatic heterocycles. The summed E-state index contributed by atoms with van der Waals surface area (Å²) in [5.74, 6) is 1.16. The molecular weight excluding hydrogens is 368 g/mol. The lowest BCUT2D eigenvalue weighted by Crippen LogP contribution is -2.44. The molecule has 7 nitrogen and oxygen atoms in total. The van der Waals surface area contributed by atoms with Crippen molar-refractivity contribution in [2.24, 2.45) is 0 Å². The molecule has 0 fully saturated rings. The molecule has 2 aromatic carbocycles. The number of carbonyl (C=O) groups excluding carboxylic acids is 1. The number of fused-ring (bicyclic) bond motifs is 1. The Bertz CT molecular complexity index is 982. The monoisotopic (exact) mass is 392 g/mol. The van der Waals surface area contributed by atoms with Crippen molar-refractivity contribution in [1.29, 1.82) is 0 Å². The summed E-state index contributed by atoms with van der Waals surface area (Å²) in [5, 5.41) is 4.44. The Kier molecular flexibility index (Phi) is 5.31. The fourth-order valence-electron chi connectivity index (χ4n) is 3.85. The highest BCUT2D eigenvalue weighted by molar-refractivity contribution is 5.93. The van der Waals surface area contributed by atoms with Gasteiger partial charge in [0, 0.05) is 7.11 Å². The number of benzene rings is 2. The Hall–Kier alpha value is -3.19. The first kappa shape index (κ1) is 19.1. The zero-order valence-electron chi connectivity index (χ0n) is 16.8. The first-order chi connectivity index (χ1) is 14.1. The van der Waals surface area contributed by atoms with Gasteiger partial charge in [0.05, 0.1) is 19.2 Å². The minimum atomic E-state index is -0.188. The van der Waals surface area contributed by atoms with Crippen molar-refractivity contribution in [3.63, 3.8) is 0 Å². The number of nitrogens with zero attached hydrogens (tertiary/aromatic N) is 4. The molecule has 2 heterocycles. The number of aromatic nitrogens is 3. The van der Waals surface area contributed by atoms with Gasteiger partial charge in [-0.05, 0) is 36.6 Å². The molecular formula is C22H24N4O3. The van der Waals surface area contributed by atoms with Crippen LogP contribution in [0, 0.1) is 6.92 Å². The third kappa shape index (κ3) is 3.61. The second kappa shape index (κ2) is 8.05. The lowest BCUT2D eigenvalue weighted by atomic mass is 9.91. The highest BCUT2D eigenvalue weighted by atomic mass is 16.5. The molecule has 2 atom stereocenters. The van der Waals surface area contributed by atoms with Gasteiger partial charge in [0.1, 0.15) is 18.7 Å². The van der Waals surface area contributed by atoms with E-state index in [4.69, 9.17) is 9.47 Å². The molecule has 0 saturated carbocycles. The quantitative estimate of drug-likeness (QED) is 0.666. The van der Waals surface area contributed by atoms with Gasteiger partial charge in [0.25, 0.3) is 5.91 Å². The van der Waals surface area contributed by atoms with Gasteiger partial charge in [-0.15, -0.1) is 0 Å². The Morgan fingerprint density at radius 2 is 1.69 bits per heavy atom. The molecule has 1 aliphatic heterocycles. The van der Waals surface area contributed by atoms with Gasteiger partial charge >= 0.3 is 0 Å². The Morgan fingerprint density at radius 3 is 2.34 bits per heavy atom. The number of amides is 1. The van der Waals surface area contributed by atoms with Gasteiger partial charge in [0.15, 0.2) is 0 Å². The van der Waals surface area contributed by atoms with E-state index in [1.165, 1.54) is 19.0 Å². The number of ether oxygens (including phenoxy) is 2. The second-order valence-corrected chi connectivity index (χ2v) is 7.15. The number of hydrogen-bond donors (Lipinski definition) is 0. The molecule has 0 aliphatic carbocycles. The molecule has 0 bridgehead atoms. The van der Waals surface area contributed by atoms with Crippen LogP contribution in [0.25, 0.3) is 0 Å². The summed E-state index contributed by atoms with van der Waals surface area (Å²) >= 11 is 0. The van der Waals surface area contributed by atoms with Gasteiger partial charge in [-0.3, -0.25) is 9.69 Å². The fourth-order valence-corrected chi connectivity index (χ4v) is 3.85. The van der Waals surface area contributed by atoms with E-state index in [-0.39, 0.29) is 24.6 Å².